The van der Waals surface area contributed by atoms with Gasteiger partial charge in [-0.3, -0.25) is 4.79 Å². The Morgan fingerprint density at radius 3 is 2.07 bits per heavy atom. The van der Waals surface area contributed by atoms with Crippen LogP contribution < -0.4 is 0 Å². The van der Waals surface area contributed by atoms with E-state index >= 15 is 0 Å². The van der Waals surface area contributed by atoms with Gasteiger partial charge in [0.25, 0.3) is 0 Å². The highest BCUT2D eigenvalue weighted by Gasteiger charge is 2.34. The molecule has 1 saturated carbocycles. The molecule has 0 aromatic heterocycles. The van der Waals surface area contributed by atoms with Gasteiger partial charge < -0.3 is 0 Å². The van der Waals surface area contributed by atoms with Crippen molar-refractivity contribution in [2.24, 2.45) is 5.92 Å². The number of Topliss-reactive ketones (excluding diaryl/α,β-unsaturated/α-hetero) is 1. The highest BCUT2D eigenvalue weighted by atomic mass is 19.1. The van der Waals surface area contributed by atoms with Gasteiger partial charge in [-0.25, -0.2) is 13.2 Å². The maximum atomic E-state index is 13.0. The summed E-state index contributed by atoms with van der Waals surface area (Å²) in [5.74, 6) is -4.06. The van der Waals surface area contributed by atoms with Crippen molar-refractivity contribution in [3.8, 4) is 0 Å². The Kier molecular flexibility index (Phi) is 2.06. The van der Waals surface area contributed by atoms with E-state index in [4.69, 9.17) is 0 Å². The van der Waals surface area contributed by atoms with Crippen LogP contribution in [0.4, 0.5) is 13.2 Å². The molecule has 74 valence electrons. The number of hydrogen-bond donors (Lipinski definition) is 0. The minimum Gasteiger partial charge on any atom is -0.294 e. The van der Waals surface area contributed by atoms with E-state index in [9.17, 15) is 18.0 Å². The second-order valence-electron chi connectivity index (χ2n) is 3.38. The van der Waals surface area contributed by atoms with Crippen LogP contribution in [0, 0.1) is 23.4 Å². The van der Waals surface area contributed by atoms with E-state index in [0.29, 0.717) is 25.0 Å². The van der Waals surface area contributed by atoms with E-state index in [1.54, 1.807) is 0 Å². The zero-order chi connectivity index (χ0) is 10.3. The van der Waals surface area contributed by atoms with Crippen LogP contribution in [0.1, 0.15) is 23.2 Å². The molecular formula is C10H7F3O. The highest BCUT2D eigenvalue weighted by Crippen LogP contribution is 2.34. The number of rotatable bonds is 2. The third-order valence-electron chi connectivity index (χ3n) is 2.20. The van der Waals surface area contributed by atoms with Crippen molar-refractivity contribution in [2.75, 3.05) is 0 Å². The molecule has 0 saturated heterocycles. The van der Waals surface area contributed by atoms with E-state index in [1.807, 2.05) is 0 Å². The number of benzene rings is 1. The van der Waals surface area contributed by atoms with Gasteiger partial charge in [0.2, 0.25) is 0 Å². The monoisotopic (exact) mass is 200 g/mol. The molecule has 0 unspecified atom stereocenters. The lowest BCUT2D eigenvalue weighted by Gasteiger charge is -2.02. The molecule has 4 heteroatoms. The van der Waals surface area contributed by atoms with Gasteiger partial charge in [-0.15, -0.1) is 0 Å². The molecule has 0 heterocycles. The van der Waals surface area contributed by atoms with E-state index in [0.717, 1.165) is 0 Å². The molecule has 0 atom stereocenters. The van der Waals surface area contributed by atoms with Gasteiger partial charge in [-0.1, -0.05) is 0 Å². The van der Waals surface area contributed by atoms with Gasteiger partial charge in [0.1, 0.15) is 17.5 Å². The van der Waals surface area contributed by atoms with Crippen molar-refractivity contribution in [2.45, 2.75) is 12.8 Å². The molecule has 0 amide bonds. The first-order valence-corrected chi connectivity index (χ1v) is 4.28. The predicted molar refractivity (Wildman–Crippen MR) is 43.4 cm³/mol. The third kappa shape index (κ3) is 1.52. The quantitative estimate of drug-likeness (QED) is 0.671. The summed E-state index contributed by atoms with van der Waals surface area (Å²) < 4.78 is 38.6. The number of carbonyl (C=O) groups excluding carboxylic acids is 1. The van der Waals surface area contributed by atoms with Gasteiger partial charge in [0.05, 0.1) is 5.56 Å². The Hall–Kier alpha value is -1.32. The maximum Gasteiger partial charge on any atom is 0.171 e. The van der Waals surface area contributed by atoms with Crippen molar-refractivity contribution < 1.29 is 18.0 Å². The van der Waals surface area contributed by atoms with Gasteiger partial charge >= 0.3 is 0 Å². The molecule has 1 aliphatic carbocycles. The zero-order valence-corrected chi connectivity index (χ0v) is 7.19. The van der Waals surface area contributed by atoms with Crippen molar-refractivity contribution in [1.29, 1.82) is 0 Å². The summed E-state index contributed by atoms with van der Waals surface area (Å²) in [6, 6.07) is 1.05. The summed E-state index contributed by atoms with van der Waals surface area (Å²) in [7, 11) is 0. The van der Waals surface area contributed by atoms with E-state index in [1.165, 1.54) is 0 Å². The molecule has 1 aromatic carbocycles. The lowest BCUT2D eigenvalue weighted by molar-refractivity contribution is 0.0959. The van der Waals surface area contributed by atoms with E-state index < -0.39 is 28.8 Å². The molecule has 0 spiro atoms. The topological polar surface area (TPSA) is 17.1 Å². The molecule has 1 nitrogen and oxygen atoms in total. The smallest absolute Gasteiger partial charge is 0.171 e. The number of carbonyl (C=O) groups is 1. The van der Waals surface area contributed by atoms with Crippen molar-refractivity contribution >= 4 is 5.78 Å². The van der Waals surface area contributed by atoms with Gasteiger partial charge in [0, 0.05) is 18.1 Å². The van der Waals surface area contributed by atoms with Crippen LogP contribution in [0.15, 0.2) is 12.1 Å². The Morgan fingerprint density at radius 2 is 1.64 bits per heavy atom. The number of halogens is 3. The minimum atomic E-state index is -1.11. The lowest BCUT2D eigenvalue weighted by atomic mass is 10.1. The molecule has 0 radical (unpaired) electrons. The normalized spacial score (nSPS) is 15.6. The molecule has 0 bridgehead atoms. The van der Waals surface area contributed by atoms with Crippen molar-refractivity contribution in [1.82, 2.24) is 0 Å². The second-order valence-corrected chi connectivity index (χ2v) is 3.38. The standard InChI is InChI=1S/C10H7F3O/c11-6-3-7(12)9(8(13)4-6)10(14)5-1-2-5/h3-5H,1-2H2. The Bertz CT molecular complexity index is 373. The average molecular weight is 200 g/mol. The Labute approximate surface area is 78.5 Å². The molecular weight excluding hydrogens is 193 g/mol. The first-order chi connectivity index (χ1) is 6.59. The summed E-state index contributed by atoms with van der Waals surface area (Å²) >= 11 is 0. The average Bonchev–Trinajstić information content (AvgIpc) is 2.83. The largest absolute Gasteiger partial charge is 0.294 e. The highest BCUT2D eigenvalue weighted by molar-refractivity contribution is 5.99. The lowest BCUT2D eigenvalue weighted by Crippen LogP contribution is -2.08. The van der Waals surface area contributed by atoms with Crippen molar-refractivity contribution in [3.63, 3.8) is 0 Å². The van der Waals surface area contributed by atoms with Crippen LogP contribution in [0.3, 0.4) is 0 Å². The predicted octanol–water partition coefficient (Wildman–Crippen LogP) is 2.70. The van der Waals surface area contributed by atoms with E-state index in [-0.39, 0.29) is 5.92 Å². The fourth-order valence-corrected chi connectivity index (χ4v) is 1.33. The third-order valence-corrected chi connectivity index (χ3v) is 2.20. The summed E-state index contributed by atoms with van der Waals surface area (Å²) in [4.78, 5) is 11.4. The minimum absolute atomic E-state index is 0.274. The van der Waals surface area contributed by atoms with Gasteiger partial charge in [-0.05, 0) is 12.8 Å². The van der Waals surface area contributed by atoms with Crippen LogP contribution in [0.5, 0.6) is 0 Å². The van der Waals surface area contributed by atoms with Gasteiger partial charge in [-0.2, -0.15) is 0 Å². The summed E-state index contributed by atoms with van der Waals surface area (Å²) in [6.45, 7) is 0. The fraction of sp³-hybridized carbons (Fsp3) is 0.300. The van der Waals surface area contributed by atoms with Crippen LogP contribution in [-0.4, -0.2) is 5.78 Å². The zero-order valence-electron chi connectivity index (χ0n) is 7.19. The molecule has 14 heavy (non-hydrogen) atoms. The Balaban J connectivity index is 2.45. The molecule has 1 fully saturated rings. The Morgan fingerprint density at radius 1 is 1.14 bits per heavy atom. The maximum absolute atomic E-state index is 13.0. The molecule has 0 N–H and O–H groups in total. The molecule has 1 aliphatic rings. The van der Waals surface area contributed by atoms with Crippen molar-refractivity contribution in [3.05, 3.63) is 35.1 Å². The number of hydrogen-bond acceptors (Lipinski definition) is 1. The van der Waals surface area contributed by atoms with Crippen LogP contribution in [0.2, 0.25) is 0 Å². The first-order valence-electron chi connectivity index (χ1n) is 4.28. The van der Waals surface area contributed by atoms with Gasteiger partial charge in [0.15, 0.2) is 5.78 Å². The molecule has 0 aliphatic heterocycles. The number of ketones is 1. The van der Waals surface area contributed by atoms with Crippen LogP contribution in [0.25, 0.3) is 0 Å². The van der Waals surface area contributed by atoms with Crippen LogP contribution in [-0.2, 0) is 0 Å². The second kappa shape index (κ2) is 3.12. The summed E-state index contributed by atoms with van der Waals surface area (Å²) in [5.41, 5.74) is -0.603. The summed E-state index contributed by atoms with van der Waals surface area (Å²) in [6.07, 6.45) is 1.32. The fourth-order valence-electron chi connectivity index (χ4n) is 1.33. The molecule has 1 aromatic rings. The van der Waals surface area contributed by atoms with E-state index in [2.05, 4.69) is 0 Å². The molecule has 2 rings (SSSR count). The first kappa shape index (κ1) is 9.24. The SMILES string of the molecule is O=C(c1c(F)cc(F)cc1F)C1CC1. The van der Waals surface area contributed by atoms with Crippen LogP contribution >= 0.6 is 0 Å². The summed E-state index contributed by atoms with van der Waals surface area (Å²) in [5, 5.41) is 0.